The molecule has 1 aromatic rings. The largest absolute Gasteiger partial charge is 0.300 e. The molecule has 0 saturated heterocycles. The van der Waals surface area contributed by atoms with Crippen molar-refractivity contribution in [3.63, 3.8) is 0 Å². The first-order valence-corrected chi connectivity index (χ1v) is 5.29. The summed E-state index contributed by atoms with van der Waals surface area (Å²) in [5, 5.41) is 0. The molecule has 1 aromatic carbocycles. The molecule has 0 N–H and O–H groups in total. The molecule has 0 radical (unpaired) electrons. The normalized spacial score (nSPS) is 10.1. The van der Waals surface area contributed by atoms with Crippen molar-refractivity contribution < 1.29 is 4.79 Å². The van der Waals surface area contributed by atoms with Gasteiger partial charge in [0.2, 0.25) is 0 Å². The molecule has 0 aliphatic carbocycles. The summed E-state index contributed by atoms with van der Waals surface area (Å²) in [5.74, 6) is 0.634. The minimum Gasteiger partial charge on any atom is -0.300 e. The van der Waals surface area contributed by atoms with E-state index in [1.165, 1.54) is 0 Å². The maximum atomic E-state index is 10.9. The summed E-state index contributed by atoms with van der Waals surface area (Å²) in [5.41, 5.74) is 2.05. The molecular formula is C10H10BrClO. The maximum absolute atomic E-state index is 10.9. The first-order chi connectivity index (χ1) is 6.13. The van der Waals surface area contributed by atoms with Crippen molar-refractivity contribution in [3.05, 3.63) is 33.8 Å². The highest BCUT2D eigenvalue weighted by Crippen LogP contribution is 2.20. The lowest BCUT2D eigenvalue weighted by molar-refractivity contribution is -0.116. The van der Waals surface area contributed by atoms with Crippen LogP contribution in [0.1, 0.15) is 18.1 Å². The maximum Gasteiger partial charge on any atom is 0.134 e. The van der Waals surface area contributed by atoms with Gasteiger partial charge in [-0.3, -0.25) is 4.79 Å². The van der Waals surface area contributed by atoms with Gasteiger partial charge in [0, 0.05) is 16.8 Å². The van der Waals surface area contributed by atoms with Gasteiger partial charge in [0.25, 0.3) is 0 Å². The SMILES string of the molecule is CC(=O)Cc1ccc(Br)c(CCl)c1. The Balaban J connectivity index is 2.92. The monoisotopic (exact) mass is 260 g/mol. The van der Waals surface area contributed by atoms with Crippen LogP contribution in [-0.2, 0) is 17.1 Å². The number of benzene rings is 1. The highest BCUT2D eigenvalue weighted by atomic mass is 79.9. The molecule has 1 nitrogen and oxygen atoms in total. The lowest BCUT2D eigenvalue weighted by Crippen LogP contribution is -1.97. The van der Waals surface area contributed by atoms with E-state index in [1.807, 2.05) is 18.2 Å². The molecule has 0 unspecified atom stereocenters. The van der Waals surface area contributed by atoms with Crippen LogP contribution < -0.4 is 0 Å². The Labute approximate surface area is 91.2 Å². The molecule has 3 heteroatoms. The molecule has 0 aliphatic heterocycles. The molecule has 1 rings (SSSR count). The summed E-state index contributed by atoms with van der Waals surface area (Å²) in [6, 6.07) is 5.82. The molecule has 0 heterocycles. The van der Waals surface area contributed by atoms with E-state index >= 15 is 0 Å². The Morgan fingerprint density at radius 2 is 2.23 bits per heavy atom. The average Bonchev–Trinajstić information content (AvgIpc) is 2.07. The lowest BCUT2D eigenvalue weighted by Gasteiger charge is -2.03. The molecule has 0 atom stereocenters. The molecule has 0 aliphatic rings. The summed E-state index contributed by atoms with van der Waals surface area (Å²) < 4.78 is 0.995. The van der Waals surface area contributed by atoms with Gasteiger partial charge < -0.3 is 0 Å². The first kappa shape index (κ1) is 10.7. The fourth-order valence-electron chi connectivity index (χ4n) is 1.13. The topological polar surface area (TPSA) is 17.1 Å². The molecule has 0 aromatic heterocycles. The van der Waals surface area contributed by atoms with E-state index in [4.69, 9.17) is 11.6 Å². The van der Waals surface area contributed by atoms with Crippen LogP contribution in [0.25, 0.3) is 0 Å². The third-order valence-corrected chi connectivity index (χ3v) is 2.77. The standard InChI is InChI=1S/C10H10BrClO/c1-7(13)4-8-2-3-10(11)9(5-8)6-12/h2-3,5H,4,6H2,1H3. The van der Waals surface area contributed by atoms with Gasteiger partial charge in [-0.15, -0.1) is 11.6 Å². The van der Waals surface area contributed by atoms with E-state index in [0.717, 1.165) is 15.6 Å². The molecule has 0 fully saturated rings. The number of ketones is 1. The van der Waals surface area contributed by atoms with Crippen molar-refractivity contribution in [1.29, 1.82) is 0 Å². The van der Waals surface area contributed by atoms with Crippen LogP contribution in [0, 0.1) is 0 Å². The first-order valence-electron chi connectivity index (χ1n) is 3.96. The number of hydrogen-bond donors (Lipinski definition) is 0. The molecule has 0 bridgehead atoms. The number of rotatable bonds is 3. The Kier molecular flexibility index (Phi) is 3.94. The van der Waals surface area contributed by atoms with E-state index in [1.54, 1.807) is 6.92 Å². The number of halogens is 2. The van der Waals surface area contributed by atoms with E-state index < -0.39 is 0 Å². The molecule has 0 spiro atoms. The average molecular weight is 262 g/mol. The zero-order chi connectivity index (χ0) is 9.84. The smallest absolute Gasteiger partial charge is 0.134 e. The van der Waals surface area contributed by atoms with Crippen LogP contribution in [0.4, 0.5) is 0 Å². The highest BCUT2D eigenvalue weighted by Gasteiger charge is 2.02. The minimum absolute atomic E-state index is 0.169. The molecule has 70 valence electrons. The van der Waals surface area contributed by atoms with Crippen molar-refractivity contribution in [1.82, 2.24) is 0 Å². The zero-order valence-corrected chi connectivity index (χ0v) is 9.65. The van der Waals surface area contributed by atoms with Crippen LogP contribution in [0.5, 0.6) is 0 Å². The summed E-state index contributed by atoms with van der Waals surface area (Å²) in [7, 11) is 0. The van der Waals surface area contributed by atoms with Gasteiger partial charge in [0.1, 0.15) is 5.78 Å². The second kappa shape index (κ2) is 4.77. The zero-order valence-electron chi connectivity index (χ0n) is 7.31. The van der Waals surface area contributed by atoms with Crippen LogP contribution >= 0.6 is 27.5 Å². The number of hydrogen-bond acceptors (Lipinski definition) is 1. The summed E-state index contributed by atoms with van der Waals surface area (Å²) >= 11 is 9.11. The Morgan fingerprint density at radius 1 is 1.54 bits per heavy atom. The number of alkyl halides is 1. The summed E-state index contributed by atoms with van der Waals surface area (Å²) in [6.07, 6.45) is 0.483. The predicted octanol–water partition coefficient (Wildman–Crippen LogP) is 3.32. The van der Waals surface area contributed by atoms with E-state index in [9.17, 15) is 4.79 Å². The van der Waals surface area contributed by atoms with Crippen molar-refractivity contribution in [2.24, 2.45) is 0 Å². The predicted molar refractivity (Wildman–Crippen MR) is 58.1 cm³/mol. The van der Waals surface area contributed by atoms with Gasteiger partial charge in [0.15, 0.2) is 0 Å². The van der Waals surface area contributed by atoms with E-state index in [-0.39, 0.29) is 5.78 Å². The van der Waals surface area contributed by atoms with Crippen LogP contribution in [-0.4, -0.2) is 5.78 Å². The van der Waals surface area contributed by atoms with Gasteiger partial charge >= 0.3 is 0 Å². The van der Waals surface area contributed by atoms with Crippen molar-refractivity contribution >= 4 is 33.3 Å². The van der Waals surface area contributed by atoms with Crippen molar-refractivity contribution in [2.75, 3.05) is 0 Å². The number of carbonyl (C=O) groups is 1. The number of Topliss-reactive ketones (excluding diaryl/α,β-unsaturated/α-hetero) is 1. The fraction of sp³-hybridized carbons (Fsp3) is 0.300. The van der Waals surface area contributed by atoms with E-state index in [2.05, 4.69) is 15.9 Å². The molecular weight excluding hydrogens is 251 g/mol. The second-order valence-corrected chi connectivity index (χ2v) is 4.06. The highest BCUT2D eigenvalue weighted by molar-refractivity contribution is 9.10. The van der Waals surface area contributed by atoms with Crippen molar-refractivity contribution in [3.8, 4) is 0 Å². The molecule has 0 saturated carbocycles. The molecule has 0 amide bonds. The Morgan fingerprint density at radius 3 is 2.77 bits per heavy atom. The van der Waals surface area contributed by atoms with Crippen molar-refractivity contribution in [2.45, 2.75) is 19.2 Å². The van der Waals surface area contributed by atoms with Gasteiger partial charge in [-0.05, 0) is 24.1 Å². The lowest BCUT2D eigenvalue weighted by atomic mass is 10.1. The van der Waals surface area contributed by atoms with E-state index in [0.29, 0.717) is 12.3 Å². The van der Waals surface area contributed by atoms with Crippen LogP contribution in [0.2, 0.25) is 0 Å². The summed E-state index contributed by atoms with van der Waals surface area (Å²) in [4.78, 5) is 10.9. The van der Waals surface area contributed by atoms with Gasteiger partial charge in [0.05, 0.1) is 0 Å². The summed E-state index contributed by atoms with van der Waals surface area (Å²) in [6.45, 7) is 1.59. The third-order valence-electron chi connectivity index (χ3n) is 1.71. The molecule has 13 heavy (non-hydrogen) atoms. The third kappa shape index (κ3) is 3.12. The quantitative estimate of drug-likeness (QED) is 0.763. The number of carbonyl (C=O) groups excluding carboxylic acids is 1. The Hall–Kier alpha value is -0.340. The van der Waals surface area contributed by atoms with Gasteiger partial charge in [-0.1, -0.05) is 28.1 Å². The van der Waals surface area contributed by atoms with Crippen LogP contribution in [0.3, 0.4) is 0 Å². The van der Waals surface area contributed by atoms with Crippen LogP contribution in [0.15, 0.2) is 22.7 Å². The van der Waals surface area contributed by atoms with Gasteiger partial charge in [-0.25, -0.2) is 0 Å². The minimum atomic E-state index is 0.169. The Bertz CT molecular complexity index is 323. The fourth-order valence-corrected chi connectivity index (χ4v) is 1.90. The second-order valence-electron chi connectivity index (χ2n) is 2.94. The van der Waals surface area contributed by atoms with Gasteiger partial charge in [-0.2, -0.15) is 0 Å².